The van der Waals surface area contributed by atoms with Crippen molar-refractivity contribution in [3.05, 3.63) is 66.0 Å². The van der Waals surface area contributed by atoms with Gasteiger partial charge in [-0.25, -0.2) is 9.18 Å². The Morgan fingerprint density at radius 1 is 1.15 bits per heavy atom. The van der Waals surface area contributed by atoms with Crippen LogP contribution in [0, 0.1) is 5.82 Å². The van der Waals surface area contributed by atoms with Gasteiger partial charge in [0.25, 0.3) is 5.91 Å². The molecule has 136 valence electrons. The lowest BCUT2D eigenvalue weighted by molar-refractivity contribution is -0.132. The van der Waals surface area contributed by atoms with Crippen LogP contribution in [0.5, 0.6) is 5.75 Å². The number of nitrogens with one attached hydrogen (secondary N) is 1. The normalized spacial score (nSPS) is 20.8. The molecule has 7 heteroatoms. The molecule has 2 N–H and O–H groups in total. The van der Waals surface area contributed by atoms with E-state index in [1.165, 1.54) is 18.2 Å². The maximum Gasteiger partial charge on any atom is 0.325 e. The zero-order chi connectivity index (χ0) is 18.7. The molecule has 0 spiro atoms. The van der Waals surface area contributed by atoms with Gasteiger partial charge in [0.2, 0.25) is 0 Å². The highest BCUT2D eigenvalue weighted by atomic mass is 19.1. The van der Waals surface area contributed by atoms with Crippen LogP contribution in [0.15, 0.2) is 54.6 Å². The highest BCUT2D eigenvalue weighted by Crippen LogP contribution is 2.28. The van der Waals surface area contributed by atoms with Crippen LogP contribution >= 0.6 is 0 Å². The topological polar surface area (TPSA) is 78.9 Å². The van der Waals surface area contributed by atoms with Gasteiger partial charge in [-0.05, 0) is 24.6 Å². The zero-order valence-electron chi connectivity index (χ0n) is 14.2. The molecule has 1 aliphatic heterocycles. The zero-order valence-corrected chi connectivity index (χ0v) is 14.2. The highest BCUT2D eigenvalue weighted by molar-refractivity contribution is 6.07. The summed E-state index contributed by atoms with van der Waals surface area (Å²) in [5.41, 5.74) is -0.539. The number of hydrogen-bond donors (Lipinski definition) is 2. The molecule has 0 aliphatic carbocycles. The van der Waals surface area contributed by atoms with Gasteiger partial charge in [0.15, 0.2) is 11.6 Å². The molecule has 2 atom stereocenters. The molecule has 1 fully saturated rings. The summed E-state index contributed by atoms with van der Waals surface area (Å²) in [5, 5.41) is 12.8. The molecular formula is C19H19FN2O4. The minimum Gasteiger partial charge on any atom is -0.488 e. The number of aliphatic hydroxyl groups is 1. The summed E-state index contributed by atoms with van der Waals surface area (Å²) in [6, 6.07) is 14.1. The third kappa shape index (κ3) is 3.39. The largest absolute Gasteiger partial charge is 0.488 e. The molecule has 1 aliphatic rings. The first-order valence-corrected chi connectivity index (χ1v) is 8.17. The quantitative estimate of drug-likeness (QED) is 0.775. The summed E-state index contributed by atoms with van der Waals surface area (Å²) in [6.07, 6.45) is -1.15. The van der Waals surface area contributed by atoms with Gasteiger partial charge < -0.3 is 15.2 Å². The van der Waals surface area contributed by atoms with E-state index in [1.54, 1.807) is 37.3 Å². The highest BCUT2D eigenvalue weighted by Gasteiger charge is 2.49. The van der Waals surface area contributed by atoms with Crippen LogP contribution < -0.4 is 10.1 Å². The van der Waals surface area contributed by atoms with Crippen LogP contribution in [0.2, 0.25) is 0 Å². The lowest BCUT2D eigenvalue weighted by Gasteiger charge is -2.23. The molecule has 1 saturated heterocycles. The number of hydrogen-bond acceptors (Lipinski definition) is 4. The minimum atomic E-state index is -1.19. The van der Waals surface area contributed by atoms with Gasteiger partial charge in [0.1, 0.15) is 18.2 Å². The maximum absolute atomic E-state index is 13.5. The molecule has 0 radical (unpaired) electrons. The van der Waals surface area contributed by atoms with Crippen molar-refractivity contribution in [2.45, 2.75) is 18.6 Å². The molecule has 2 aromatic rings. The monoisotopic (exact) mass is 358 g/mol. The first-order chi connectivity index (χ1) is 12.4. The Labute approximate surface area is 150 Å². The maximum atomic E-state index is 13.5. The van der Waals surface area contributed by atoms with Crippen LogP contribution in [-0.2, 0) is 10.3 Å². The smallest absolute Gasteiger partial charge is 0.325 e. The summed E-state index contributed by atoms with van der Waals surface area (Å²) >= 11 is 0. The minimum absolute atomic E-state index is 0.00197. The van der Waals surface area contributed by atoms with Crippen LogP contribution in [-0.4, -0.2) is 41.2 Å². The van der Waals surface area contributed by atoms with E-state index in [1.807, 2.05) is 6.07 Å². The number of amides is 3. The molecule has 2 aromatic carbocycles. The molecule has 0 saturated carbocycles. The van der Waals surface area contributed by atoms with Crippen LogP contribution in [0.1, 0.15) is 12.5 Å². The van der Waals surface area contributed by atoms with Crippen molar-refractivity contribution in [2.24, 2.45) is 0 Å². The van der Waals surface area contributed by atoms with Gasteiger partial charge in [-0.15, -0.1) is 0 Å². The summed E-state index contributed by atoms with van der Waals surface area (Å²) in [5.74, 6) is -1.01. The molecule has 3 amide bonds. The lowest BCUT2D eigenvalue weighted by atomic mass is 9.92. The molecule has 2 unspecified atom stereocenters. The number of imide groups is 1. The van der Waals surface area contributed by atoms with Crippen molar-refractivity contribution in [2.75, 3.05) is 13.2 Å². The predicted molar refractivity (Wildman–Crippen MR) is 91.9 cm³/mol. The van der Waals surface area contributed by atoms with E-state index in [0.717, 1.165) is 4.90 Å². The fourth-order valence-corrected chi connectivity index (χ4v) is 2.84. The Morgan fingerprint density at radius 2 is 1.81 bits per heavy atom. The van der Waals surface area contributed by atoms with E-state index in [9.17, 15) is 19.1 Å². The van der Waals surface area contributed by atoms with E-state index in [4.69, 9.17) is 4.74 Å². The Morgan fingerprint density at radius 3 is 2.50 bits per heavy atom. The fourth-order valence-electron chi connectivity index (χ4n) is 2.84. The standard InChI is InChI=1S/C19H19FN2O4/c1-19(13-7-3-2-4-8-13)17(24)22(18(25)21-19)11-14(23)12-26-16-10-6-5-9-15(16)20/h2-10,14,23H,11-12H2,1H3,(H,21,25). The number of aliphatic hydroxyl groups excluding tert-OH is 1. The number of para-hydroxylation sites is 1. The van der Waals surface area contributed by atoms with Crippen molar-refractivity contribution < 1.29 is 23.8 Å². The van der Waals surface area contributed by atoms with E-state index in [-0.39, 0.29) is 18.9 Å². The fraction of sp³-hybridized carbons (Fsp3) is 0.263. The number of β-amino-alcohol motifs (C(OH)–C–C–N with tert-alkyl or cyclic N) is 1. The molecule has 0 bridgehead atoms. The Bertz CT molecular complexity index is 814. The van der Waals surface area contributed by atoms with Gasteiger partial charge in [0.05, 0.1) is 6.54 Å². The first-order valence-electron chi connectivity index (χ1n) is 8.17. The molecule has 3 rings (SSSR count). The number of urea groups is 1. The second-order valence-electron chi connectivity index (χ2n) is 6.23. The number of nitrogens with zero attached hydrogens (tertiary/aromatic N) is 1. The summed E-state index contributed by atoms with van der Waals surface area (Å²) in [6.45, 7) is 1.12. The van der Waals surface area contributed by atoms with Gasteiger partial charge in [-0.3, -0.25) is 9.69 Å². The number of benzene rings is 2. The molecule has 0 aromatic heterocycles. The Balaban J connectivity index is 1.65. The second-order valence-corrected chi connectivity index (χ2v) is 6.23. The van der Waals surface area contributed by atoms with Gasteiger partial charge in [0, 0.05) is 0 Å². The van der Waals surface area contributed by atoms with Gasteiger partial charge in [-0.1, -0.05) is 42.5 Å². The van der Waals surface area contributed by atoms with E-state index in [2.05, 4.69) is 5.32 Å². The van der Waals surface area contributed by atoms with Crippen molar-refractivity contribution in [3.8, 4) is 5.75 Å². The van der Waals surface area contributed by atoms with Crippen LogP contribution in [0.4, 0.5) is 9.18 Å². The first kappa shape index (κ1) is 17.9. The lowest BCUT2D eigenvalue weighted by Crippen LogP contribution is -2.42. The summed E-state index contributed by atoms with van der Waals surface area (Å²) in [4.78, 5) is 25.9. The Hall–Kier alpha value is -2.93. The third-order valence-corrected chi connectivity index (χ3v) is 4.29. The second kappa shape index (κ2) is 7.13. The number of halogens is 1. The van der Waals surface area contributed by atoms with Crippen LogP contribution in [0.3, 0.4) is 0 Å². The number of carbonyl (C=O) groups excluding carboxylic acids is 2. The SMILES string of the molecule is CC1(c2ccccc2)NC(=O)N(CC(O)COc2ccccc2F)C1=O. The molecule has 26 heavy (non-hydrogen) atoms. The van der Waals surface area contributed by atoms with E-state index < -0.39 is 29.4 Å². The van der Waals surface area contributed by atoms with Crippen molar-refractivity contribution in [1.82, 2.24) is 10.2 Å². The average Bonchev–Trinajstić information content (AvgIpc) is 2.86. The average molecular weight is 358 g/mol. The number of carbonyl (C=O) groups is 2. The number of ether oxygens (including phenoxy) is 1. The summed E-state index contributed by atoms with van der Waals surface area (Å²) < 4.78 is 18.7. The molecular weight excluding hydrogens is 339 g/mol. The van der Waals surface area contributed by atoms with Gasteiger partial charge in [-0.2, -0.15) is 0 Å². The summed E-state index contributed by atoms with van der Waals surface area (Å²) in [7, 11) is 0. The van der Waals surface area contributed by atoms with Crippen molar-refractivity contribution in [1.29, 1.82) is 0 Å². The van der Waals surface area contributed by atoms with Gasteiger partial charge >= 0.3 is 6.03 Å². The van der Waals surface area contributed by atoms with Crippen molar-refractivity contribution >= 4 is 11.9 Å². The van der Waals surface area contributed by atoms with Crippen LogP contribution in [0.25, 0.3) is 0 Å². The third-order valence-electron chi connectivity index (χ3n) is 4.29. The molecule has 6 nitrogen and oxygen atoms in total. The van der Waals surface area contributed by atoms with Crippen molar-refractivity contribution in [3.63, 3.8) is 0 Å². The van der Waals surface area contributed by atoms with E-state index in [0.29, 0.717) is 5.56 Å². The molecule has 1 heterocycles. The number of rotatable bonds is 6. The Kier molecular flexibility index (Phi) is 4.90. The predicted octanol–water partition coefficient (Wildman–Crippen LogP) is 2.03. The van der Waals surface area contributed by atoms with E-state index >= 15 is 0 Å².